The van der Waals surface area contributed by atoms with E-state index < -0.39 is 0 Å². The van der Waals surface area contributed by atoms with Gasteiger partial charge in [-0.1, -0.05) is 0 Å². The summed E-state index contributed by atoms with van der Waals surface area (Å²) < 4.78 is 1.46. The highest BCUT2D eigenvalue weighted by Gasteiger charge is 2.13. The van der Waals surface area contributed by atoms with Crippen molar-refractivity contribution in [3.63, 3.8) is 0 Å². The summed E-state index contributed by atoms with van der Waals surface area (Å²) in [5, 5.41) is 7.68. The van der Waals surface area contributed by atoms with Gasteiger partial charge in [0.2, 0.25) is 0 Å². The van der Waals surface area contributed by atoms with E-state index in [0.717, 1.165) is 9.88 Å². The van der Waals surface area contributed by atoms with Crippen molar-refractivity contribution in [3.05, 3.63) is 27.8 Å². The van der Waals surface area contributed by atoms with Crippen molar-refractivity contribution in [1.82, 2.24) is 20.1 Å². The molecular weight excluding hydrogens is 238 g/mol. The first-order chi connectivity index (χ1) is 8.08. The number of nitrogen functional groups attached to an aromatic ring is 1. The molecule has 3 N–H and O–H groups in total. The largest absolute Gasteiger partial charge is 0.383 e. The van der Waals surface area contributed by atoms with Gasteiger partial charge in [-0.05, 0) is 6.92 Å². The fraction of sp³-hybridized carbons (Fsp3) is 0.300. The minimum absolute atomic E-state index is 0.221. The number of aromatic nitrogens is 3. The first-order valence-electron chi connectivity index (χ1n) is 5.05. The van der Waals surface area contributed by atoms with E-state index in [1.807, 2.05) is 6.92 Å². The lowest BCUT2D eigenvalue weighted by molar-refractivity contribution is 0.0952. The van der Waals surface area contributed by atoms with Crippen LogP contribution in [0.15, 0.2) is 12.4 Å². The Balaban J connectivity index is 2.00. The second kappa shape index (κ2) is 4.54. The summed E-state index contributed by atoms with van der Waals surface area (Å²) in [6, 6.07) is 0. The molecule has 0 saturated heterocycles. The first-order valence-corrected chi connectivity index (χ1v) is 5.86. The second-order valence-corrected chi connectivity index (χ2v) is 4.91. The quantitative estimate of drug-likeness (QED) is 0.840. The second-order valence-electron chi connectivity index (χ2n) is 3.60. The summed E-state index contributed by atoms with van der Waals surface area (Å²) >= 11 is 1.56. The van der Waals surface area contributed by atoms with Crippen molar-refractivity contribution in [2.75, 3.05) is 5.73 Å². The van der Waals surface area contributed by atoms with Gasteiger partial charge in [0.15, 0.2) is 0 Å². The van der Waals surface area contributed by atoms with Crippen LogP contribution < -0.4 is 11.1 Å². The first kappa shape index (κ1) is 11.6. The predicted molar refractivity (Wildman–Crippen MR) is 65.6 cm³/mol. The Morgan fingerprint density at radius 3 is 2.88 bits per heavy atom. The fourth-order valence-electron chi connectivity index (χ4n) is 1.37. The molecule has 7 heteroatoms. The van der Waals surface area contributed by atoms with E-state index in [0.29, 0.717) is 17.9 Å². The molecule has 2 aromatic heterocycles. The molecular formula is C10H13N5OS. The Morgan fingerprint density at radius 2 is 2.35 bits per heavy atom. The summed E-state index contributed by atoms with van der Waals surface area (Å²) in [5.41, 5.74) is 6.10. The molecule has 2 aromatic rings. The monoisotopic (exact) mass is 251 g/mol. The van der Waals surface area contributed by atoms with Crippen LogP contribution in [-0.4, -0.2) is 20.7 Å². The van der Waals surface area contributed by atoms with E-state index in [1.165, 1.54) is 10.9 Å². The third kappa shape index (κ3) is 2.44. The molecule has 0 unspecified atom stereocenters. The van der Waals surface area contributed by atoms with E-state index in [-0.39, 0.29) is 5.91 Å². The average molecular weight is 251 g/mol. The number of anilines is 1. The maximum atomic E-state index is 11.8. The number of amides is 1. The minimum atomic E-state index is -0.221. The van der Waals surface area contributed by atoms with Crippen molar-refractivity contribution in [2.45, 2.75) is 13.5 Å². The van der Waals surface area contributed by atoms with Crippen molar-refractivity contribution in [3.8, 4) is 0 Å². The summed E-state index contributed by atoms with van der Waals surface area (Å²) in [6.07, 6.45) is 3.22. The van der Waals surface area contributed by atoms with E-state index in [9.17, 15) is 4.79 Å². The Hall–Kier alpha value is -1.89. The smallest absolute Gasteiger partial charge is 0.256 e. The fourth-order valence-corrected chi connectivity index (χ4v) is 2.11. The van der Waals surface area contributed by atoms with Crippen LogP contribution >= 0.6 is 11.3 Å². The maximum absolute atomic E-state index is 11.8. The van der Waals surface area contributed by atoms with Gasteiger partial charge in [-0.2, -0.15) is 5.10 Å². The van der Waals surface area contributed by atoms with Crippen molar-refractivity contribution < 1.29 is 4.79 Å². The molecule has 2 rings (SSSR count). The number of nitrogens with zero attached hydrogens (tertiary/aromatic N) is 3. The predicted octanol–water partition coefficient (Wildman–Crippen LogP) is 0.697. The molecule has 0 aliphatic heterocycles. The van der Waals surface area contributed by atoms with Gasteiger partial charge in [0, 0.05) is 18.1 Å². The summed E-state index contributed by atoms with van der Waals surface area (Å²) in [5.74, 6) is 0.143. The normalized spacial score (nSPS) is 10.5. The highest BCUT2D eigenvalue weighted by atomic mass is 32.1. The van der Waals surface area contributed by atoms with Crippen LogP contribution in [0.2, 0.25) is 0 Å². The van der Waals surface area contributed by atoms with Crippen LogP contribution in [0.1, 0.15) is 20.2 Å². The highest BCUT2D eigenvalue weighted by molar-refractivity contribution is 7.11. The van der Waals surface area contributed by atoms with Crippen molar-refractivity contribution in [1.29, 1.82) is 0 Å². The van der Waals surface area contributed by atoms with Crippen LogP contribution in [0.4, 0.5) is 5.82 Å². The molecule has 0 saturated carbocycles. The van der Waals surface area contributed by atoms with Crippen molar-refractivity contribution >= 4 is 23.1 Å². The lowest BCUT2D eigenvalue weighted by Gasteiger charge is -2.02. The highest BCUT2D eigenvalue weighted by Crippen LogP contribution is 2.12. The minimum Gasteiger partial charge on any atom is -0.383 e. The zero-order valence-electron chi connectivity index (χ0n) is 9.60. The van der Waals surface area contributed by atoms with Gasteiger partial charge in [-0.3, -0.25) is 9.48 Å². The van der Waals surface area contributed by atoms with Crippen LogP contribution in [0, 0.1) is 6.92 Å². The van der Waals surface area contributed by atoms with E-state index >= 15 is 0 Å². The van der Waals surface area contributed by atoms with Crippen molar-refractivity contribution in [2.24, 2.45) is 7.05 Å². The molecule has 0 aliphatic rings. The van der Waals surface area contributed by atoms with E-state index in [1.54, 1.807) is 24.6 Å². The zero-order valence-corrected chi connectivity index (χ0v) is 10.4. The SMILES string of the molecule is Cc1ncc(CNC(=O)c2cnn(C)c2N)s1. The average Bonchev–Trinajstić information content (AvgIpc) is 2.84. The van der Waals surface area contributed by atoms with Gasteiger partial charge >= 0.3 is 0 Å². The number of carbonyl (C=O) groups is 1. The van der Waals surface area contributed by atoms with Gasteiger partial charge in [-0.15, -0.1) is 11.3 Å². The lowest BCUT2D eigenvalue weighted by atomic mass is 10.3. The third-order valence-corrected chi connectivity index (χ3v) is 3.23. The molecule has 0 spiro atoms. The summed E-state index contributed by atoms with van der Waals surface area (Å²) in [4.78, 5) is 16.9. The number of thiazole rings is 1. The standard InChI is InChI=1S/C10H13N5OS/c1-6-12-3-7(17-6)4-13-10(16)8-5-14-15(2)9(8)11/h3,5H,4,11H2,1-2H3,(H,13,16). The lowest BCUT2D eigenvalue weighted by Crippen LogP contribution is -2.23. The molecule has 0 fully saturated rings. The summed E-state index contributed by atoms with van der Waals surface area (Å²) in [7, 11) is 1.69. The number of aryl methyl sites for hydroxylation is 2. The van der Waals surface area contributed by atoms with Crippen LogP contribution in [0.25, 0.3) is 0 Å². The number of rotatable bonds is 3. The number of nitrogens with one attached hydrogen (secondary N) is 1. The molecule has 0 atom stereocenters. The van der Waals surface area contributed by atoms with Gasteiger partial charge < -0.3 is 11.1 Å². The van der Waals surface area contributed by atoms with Gasteiger partial charge in [0.1, 0.15) is 11.4 Å². The van der Waals surface area contributed by atoms with Gasteiger partial charge in [0.25, 0.3) is 5.91 Å². The maximum Gasteiger partial charge on any atom is 0.256 e. The summed E-state index contributed by atoms with van der Waals surface area (Å²) in [6.45, 7) is 2.38. The molecule has 0 aliphatic carbocycles. The Labute approximate surface area is 102 Å². The molecule has 2 heterocycles. The Bertz CT molecular complexity index is 545. The molecule has 90 valence electrons. The van der Waals surface area contributed by atoms with Crippen LogP contribution in [0.3, 0.4) is 0 Å². The van der Waals surface area contributed by atoms with E-state index in [4.69, 9.17) is 5.73 Å². The topological polar surface area (TPSA) is 85.8 Å². The van der Waals surface area contributed by atoms with Crippen LogP contribution in [-0.2, 0) is 13.6 Å². The van der Waals surface area contributed by atoms with E-state index in [2.05, 4.69) is 15.4 Å². The molecule has 0 bridgehead atoms. The Kier molecular flexibility index (Phi) is 3.10. The third-order valence-electron chi connectivity index (χ3n) is 2.32. The van der Waals surface area contributed by atoms with Gasteiger partial charge in [-0.25, -0.2) is 4.98 Å². The Morgan fingerprint density at radius 1 is 1.59 bits per heavy atom. The molecule has 17 heavy (non-hydrogen) atoms. The van der Waals surface area contributed by atoms with Crippen LogP contribution in [0.5, 0.6) is 0 Å². The zero-order chi connectivity index (χ0) is 12.4. The molecule has 6 nitrogen and oxygen atoms in total. The van der Waals surface area contributed by atoms with Gasteiger partial charge in [0.05, 0.1) is 17.7 Å². The molecule has 1 amide bonds. The number of hydrogen-bond acceptors (Lipinski definition) is 5. The number of hydrogen-bond donors (Lipinski definition) is 2. The molecule has 0 radical (unpaired) electrons. The number of nitrogens with two attached hydrogens (primary N) is 1. The number of carbonyl (C=O) groups excluding carboxylic acids is 1. The molecule has 0 aromatic carbocycles.